The first-order chi connectivity index (χ1) is 12.1. The van der Waals surface area contributed by atoms with Crippen LogP contribution in [0.25, 0.3) is 0 Å². The molecule has 2 heterocycles. The molecule has 3 rings (SSSR count). The molecule has 0 spiro atoms. The van der Waals surface area contributed by atoms with Crippen molar-refractivity contribution in [3.63, 3.8) is 0 Å². The predicted molar refractivity (Wildman–Crippen MR) is 95.9 cm³/mol. The Bertz CT molecular complexity index is 592. The smallest absolute Gasteiger partial charge is 0.226 e. The molecule has 1 N–H and O–H groups in total. The van der Waals surface area contributed by atoms with Gasteiger partial charge in [0.25, 0.3) is 0 Å². The van der Waals surface area contributed by atoms with Crippen LogP contribution >= 0.6 is 0 Å². The minimum absolute atomic E-state index is 0.0638. The maximum Gasteiger partial charge on any atom is 0.226 e. The van der Waals surface area contributed by atoms with Crippen LogP contribution in [0.2, 0.25) is 0 Å². The summed E-state index contributed by atoms with van der Waals surface area (Å²) in [6, 6.07) is 0. The van der Waals surface area contributed by atoms with E-state index in [0.29, 0.717) is 6.54 Å². The molecular formula is C19H30N4O2. The van der Waals surface area contributed by atoms with Gasteiger partial charge in [-0.2, -0.15) is 5.10 Å². The second-order valence-corrected chi connectivity index (χ2v) is 7.46. The lowest BCUT2D eigenvalue weighted by atomic mass is 9.78. The van der Waals surface area contributed by atoms with Crippen molar-refractivity contribution in [2.75, 3.05) is 19.6 Å². The molecule has 0 radical (unpaired) electrons. The molecule has 1 aromatic heterocycles. The van der Waals surface area contributed by atoms with Crippen LogP contribution in [0.1, 0.15) is 50.5 Å². The molecule has 1 aliphatic carbocycles. The van der Waals surface area contributed by atoms with E-state index in [1.165, 1.54) is 0 Å². The number of hydrogen-bond donors (Lipinski definition) is 1. The quantitative estimate of drug-likeness (QED) is 0.803. The van der Waals surface area contributed by atoms with Gasteiger partial charge in [0.05, 0.1) is 6.20 Å². The van der Waals surface area contributed by atoms with Gasteiger partial charge in [0, 0.05) is 44.2 Å². The minimum atomic E-state index is -0.145. The Morgan fingerprint density at radius 2 is 1.88 bits per heavy atom. The summed E-state index contributed by atoms with van der Waals surface area (Å²) in [4.78, 5) is 27.4. The lowest BCUT2D eigenvalue weighted by molar-refractivity contribution is -0.142. The van der Waals surface area contributed by atoms with Crippen molar-refractivity contribution in [2.45, 2.75) is 58.4 Å². The molecule has 0 bridgehead atoms. The first-order valence-electron chi connectivity index (χ1n) is 9.71. The summed E-state index contributed by atoms with van der Waals surface area (Å²) in [6.07, 6.45) is 10.7. The molecular weight excluding hydrogens is 316 g/mol. The number of nitrogens with zero attached hydrogens (tertiary/aromatic N) is 3. The SMILES string of the molecule is Cc1cnn(CCCNC(=O)[C@H]2CCCC[C@H]2C(=O)N2CCCC2)c1. The summed E-state index contributed by atoms with van der Waals surface area (Å²) in [7, 11) is 0. The van der Waals surface area contributed by atoms with Crippen LogP contribution in [0.4, 0.5) is 0 Å². The molecule has 0 unspecified atom stereocenters. The topological polar surface area (TPSA) is 67.2 Å². The van der Waals surface area contributed by atoms with Crippen molar-refractivity contribution < 1.29 is 9.59 Å². The van der Waals surface area contributed by atoms with E-state index in [0.717, 1.165) is 70.1 Å². The zero-order valence-electron chi connectivity index (χ0n) is 15.2. The van der Waals surface area contributed by atoms with E-state index in [-0.39, 0.29) is 23.7 Å². The first-order valence-corrected chi connectivity index (χ1v) is 9.71. The third-order valence-corrected chi connectivity index (χ3v) is 5.46. The Balaban J connectivity index is 1.47. The number of rotatable bonds is 6. The molecule has 0 aromatic carbocycles. The van der Waals surface area contributed by atoms with Crippen LogP contribution in [0.15, 0.2) is 12.4 Å². The maximum absolute atomic E-state index is 12.8. The molecule has 6 heteroatoms. The van der Waals surface area contributed by atoms with Gasteiger partial charge in [-0.05, 0) is 44.6 Å². The summed E-state index contributed by atoms with van der Waals surface area (Å²) in [5.41, 5.74) is 1.15. The molecule has 138 valence electrons. The maximum atomic E-state index is 12.8. The number of likely N-dealkylation sites (tertiary alicyclic amines) is 1. The normalized spacial score (nSPS) is 23.6. The van der Waals surface area contributed by atoms with Gasteiger partial charge >= 0.3 is 0 Å². The van der Waals surface area contributed by atoms with Gasteiger partial charge in [-0.3, -0.25) is 14.3 Å². The monoisotopic (exact) mass is 346 g/mol. The van der Waals surface area contributed by atoms with Crippen molar-refractivity contribution in [3.05, 3.63) is 18.0 Å². The lowest BCUT2D eigenvalue weighted by Crippen LogP contribution is -2.44. The van der Waals surface area contributed by atoms with Crippen molar-refractivity contribution in [2.24, 2.45) is 11.8 Å². The van der Waals surface area contributed by atoms with Gasteiger partial charge < -0.3 is 10.2 Å². The van der Waals surface area contributed by atoms with E-state index in [1.807, 2.05) is 28.9 Å². The number of aromatic nitrogens is 2. The summed E-state index contributed by atoms with van der Waals surface area (Å²) in [6.45, 7) is 5.19. The average molecular weight is 346 g/mol. The first kappa shape index (κ1) is 18.0. The number of aryl methyl sites for hydroxylation is 2. The van der Waals surface area contributed by atoms with Crippen LogP contribution in [0.5, 0.6) is 0 Å². The predicted octanol–water partition coefficient (Wildman–Crippen LogP) is 2.13. The van der Waals surface area contributed by atoms with Gasteiger partial charge in [0.2, 0.25) is 11.8 Å². The molecule has 2 amide bonds. The summed E-state index contributed by atoms with van der Waals surface area (Å²) in [5.74, 6) is 0.0210. The molecule has 1 aliphatic heterocycles. The van der Waals surface area contributed by atoms with Gasteiger partial charge in [0.1, 0.15) is 0 Å². The van der Waals surface area contributed by atoms with Gasteiger partial charge in [-0.25, -0.2) is 0 Å². The molecule has 1 saturated heterocycles. The summed E-state index contributed by atoms with van der Waals surface area (Å²) in [5, 5.41) is 7.31. The molecule has 2 atom stereocenters. The van der Waals surface area contributed by atoms with Crippen molar-refractivity contribution in [1.82, 2.24) is 20.0 Å². The van der Waals surface area contributed by atoms with Crippen molar-refractivity contribution in [1.29, 1.82) is 0 Å². The molecule has 2 fully saturated rings. The second-order valence-electron chi connectivity index (χ2n) is 7.46. The highest BCUT2D eigenvalue weighted by molar-refractivity contribution is 5.88. The fourth-order valence-corrected chi connectivity index (χ4v) is 4.09. The number of amides is 2. The Kier molecular flexibility index (Phi) is 6.10. The average Bonchev–Trinajstić information content (AvgIpc) is 3.30. The highest BCUT2D eigenvalue weighted by Gasteiger charge is 2.38. The van der Waals surface area contributed by atoms with Crippen LogP contribution in [0.3, 0.4) is 0 Å². The standard InChI is InChI=1S/C19H30N4O2/c1-15-13-21-23(14-15)12-6-9-20-18(24)16-7-2-3-8-17(16)19(25)22-10-4-5-11-22/h13-14,16-17H,2-12H2,1H3,(H,20,24)/t16-,17+/m0/s1. The zero-order valence-corrected chi connectivity index (χ0v) is 15.2. The third-order valence-electron chi connectivity index (χ3n) is 5.46. The largest absolute Gasteiger partial charge is 0.356 e. The molecule has 1 saturated carbocycles. The van der Waals surface area contributed by atoms with Crippen LogP contribution in [0, 0.1) is 18.8 Å². The van der Waals surface area contributed by atoms with E-state index in [2.05, 4.69) is 10.4 Å². The highest BCUT2D eigenvalue weighted by atomic mass is 16.2. The van der Waals surface area contributed by atoms with Gasteiger partial charge in [-0.15, -0.1) is 0 Å². The lowest BCUT2D eigenvalue weighted by Gasteiger charge is -2.32. The van der Waals surface area contributed by atoms with Crippen LogP contribution in [-0.4, -0.2) is 46.1 Å². The molecule has 2 aliphatic rings. The fourth-order valence-electron chi connectivity index (χ4n) is 4.09. The van der Waals surface area contributed by atoms with Crippen molar-refractivity contribution in [3.8, 4) is 0 Å². The summed E-state index contributed by atoms with van der Waals surface area (Å²) < 4.78 is 1.90. The van der Waals surface area contributed by atoms with Crippen molar-refractivity contribution >= 4 is 11.8 Å². The van der Waals surface area contributed by atoms with Crippen LogP contribution in [-0.2, 0) is 16.1 Å². The number of nitrogens with one attached hydrogen (secondary N) is 1. The van der Waals surface area contributed by atoms with E-state index in [9.17, 15) is 9.59 Å². The van der Waals surface area contributed by atoms with Crippen LogP contribution < -0.4 is 5.32 Å². The molecule has 1 aromatic rings. The molecule has 25 heavy (non-hydrogen) atoms. The highest BCUT2D eigenvalue weighted by Crippen LogP contribution is 2.32. The minimum Gasteiger partial charge on any atom is -0.356 e. The number of hydrogen-bond acceptors (Lipinski definition) is 3. The van der Waals surface area contributed by atoms with Gasteiger partial charge in [0.15, 0.2) is 0 Å². The Labute approximate surface area is 149 Å². The fraction of sp³-hybridized carbons (Fsp3) is 0.737. The van der Waals surface area contributed by atoms with E-state index in [4.69, 9.17) is 0 Å². The molecule has 6 nitrogen and oxygen atoms in total. The van der Waals surface area contributed by atoms with Gasteiger partial charge in [-0.1, -0.05) is 12.8 Å². The van der Waals surface area contributed by atoms with E-state index < -0.39 is 0 Å². The third kappa shape index (κ3) is 4.61. The second kappa shape index (κ2) is 8.50. The Morgan fingerprint density at radius 1 is 1.16 bits per heavy atom. The summed E-state index contributed by atoms with van der Waals surface area (Å²) >= 11 is 0. The zero-order chi connectivity index (χ0) is 17.6. The Hall–Kier alpha value is -1.85. The number of carbonyl (C=O) groups excluding carboxylic acids is 2. The Morgan fingerprint density at radius 3 is 2.56 bits per heavy atom. The van der Waals surface area contributed by atoms with E-state index in [1.54, 1.807) is 0 Å². The number of carbonyl (C=O) groups is 2. The van der Waals surface area contributed by atoms with E-state index >= 15 is 0 Å².